The van der Waals surface area contributed by atoms with E-state index in [1.807, 2.05) is 63.2 Å². The summed E-state index contributed by atoms with van der Waals surface area (Å²) in [4.78, 5) is 24.1. The lowest BCUT2D eigenvalue weighted by Crippen LogP contribution is -2.47. The molecule has 0 aliphatic rings. The molecule has 0 bridgehead atoms. The molecule has 0 heterocycles. The monoisotopic (exact) mass is 340 g/mol. The molecule has 1 unspecified atom stereocenters. The Kier molecular flexibility index (Phi) is 6.17. The lowest BCUT2D eigenvalue weighted by Gasteiger charge is -2.17. The first kappa shape index (κ1) is 18.5. The van der Waals surface area contributed by atoms with Gasteiger partial charge in [0.2, 0.25) is 5.91 Å². The Bertz CT molecular complexity index is 771. The van der Waals surface area contributed by atoms with Crippen LogP contribution in [0.15, 0.2) is 42.5 Å². The summed E-state index contributed by atoms with van der Waals surface area (Å²) in [6.07, 6.45) is -0.515. The minimum Gasteiger partial charge on any atom is -0.481 e. The molecule has 2 amide bonds. The molecule has 0 aromatic heterocycles. The summed E-state index contributed by atoms with van der Waals surface area (Å²) in [6, 6.07) is 13.3. The van der Waals surface area contributed by atoms with E-state index in [4.69, 9.17) is 4.74 Å². The summed E-state index contributed by atoms with van der Waals surface area (Å²) < 4.78 is 5.69. The van der Waals surface area contributed by atoms with Gasteiger partial charge >= 0.3 is 0 Å². The number of rotatable bonds is 5. The van der Waals surface area contributed by atoms with Crippen LogP contribution in [-0.2, 0) is 16.0 Å². The van der Waals surface area contributed by atoms with Crippen LogP contribution in [-0.4, -0.2) is 17.9 Å². The summed E-state index contributed by atoms with van der Waals surface area (Å²) >= 11 is 0. The lowest BCUT2D eigenvalue weighted by molar-refractivity contribution is -0.132. The van der Waals surface area contributed by atoms with Crippen molar-refractivity contribution < 1.29 is 14.3 Å². The maximum Gasteiger partial charge on any atom is 0.279 e. The number of amides is 2. The first-order valence-electron chi connectivity index (χ1n) is 8.24. The second-order valence-corrected chi connectivity index (χ2v) is 6.10. The van der Waals surface area contributed by atoms with E-state index in [1.54, 1.807) is 6.92 Å². The van der Waals surface area contributed by atoms with E-state index in [0.29, 0.717) is 5.75 Å². The van der Waals surface area contributed by atoms with Crippen LogP contribution in [0.3, 0.4) is 0 Å². The Balaban J connectivity index is 1.86. The molecule has 0 saturated carbocycles. The van der Waals surface area contributed by atoms with Crippen molar-refractivity contribution >= 4 is 11.8 Å². The van der Waals surface area contributed by atoms with Crippen molar-refractivity contribution in [2.75, 3.05) is 0 Å². The van der Waals surface area contributed by atoms with Crippen molar-refractivity contribution in [3.05, 3.63) is 64.7 Å². The number of carbonyl (C=O) groups is 2. The quantitative estimate of drug-likeness (QED) is 0.823. The standard InChI is InChI=1S/C20H24N2O3/c1-13-9-7-11-18(15(13)3)25-16(4)20(24)22-21-19(23)12-17-10-6-5-8-14(17)2/h5-11,16H,12H2,1-4H3,(H,21,23)(H,22,24). The smallest absolute Gasteiger partial charge is 0.279 e. The van der Waals surface area contributed by atoms with E-state index >= 15 is 0 Å². The third-order valence-corrected chi connectivity index (χ3v) is 4.17. The molecule has 132 valence electrons. The molecular formula is C20H24N2O3. The van der Waals surface area contributed by atoms with Gasteiger partial charge in [0.15, 0.2) is 6.10 Å². The Morgan fingerprint density at radius 3 is 2.36 bits per heavy atom. The molecule has 5 nitrogen and oxygen atoms in total. The van der Waals surface area contributed by atoms with Crippen molar-refractivity contribution in [2.24, 2.45) is 0 Å². The highest BCUT2D eigenvalue weighted by atomic mass is 16.5. The predicted molar refractivity (Wildman–Crippen MR) is 97.2 cm³/mol. The van der Waals surface area contributed by atoms with Crippen LogP contribution in [0, 0.1) is 20.8 Å². The molecule has 2 aromatic carbocycles. The number of hydrazine groups is 1. The molecule has 25 heavy (non-hydrogen) atoms. The van der Waals surface area contributed by atoms with Gasteiger partial charge in [0, 0.05) is 0 Å². The van der Waals surface area contributed by atoms with Crippen LogP contribution in [0.1, 0.15) is 29.2 Å². The van der Waals surface area contributed by atoms with Gasteiger partial charge in [-0.2, -0.15) is 0 Å². The highest BCUT2D eigenvalue weighted by Gasteiger charge is 2.17. The number of benzene rings is 2. The minimum absolute atomic E-state index is 0.208. The van der Waals surface area contributed by atoms with Crippen molar-refractivity contribution in [1.29, 1.82) is 0 Å². The Morgan fingerprint density at radius 2 is 1.64 bits per heavy atom. The Morgan fingerprint density at radius 1 is 0.960 bits per heavy atom. The van der Waals surface area contributed by atoms with Gasteiger partial charge < -0.3 is 4.74 Å². The van der Waals surface area contributed by atoms with E-state index in [2.05, 4.69) is 10.9 Å². The van der Waals surface area contributed by atoms with Gasteiger partial charge in [-0.15, -0.1) is 0 Å². The number of aryl methyl sites for hydroxylation is 2. The van der Waals surface area contributed by atoms with Crippen LogP contribution in [0.25, 0.3) is 0 Å². The van der Waals surface area contributed by atoms with Crippen molar-refractivity contribution in [2.45, 2.75) is 40.2 Å². The molecule has 0 aliphatic carbocycles. The molecular weight excluding hydrogens is 316 g/mol. The van der Waals surface area contributed by atoms with E-state index in [0.717, 1.165) is 22.3 Å². The highest BCUT2D eigenvalue weighted by molar-refractivity contribution is 5.85. The van der Waals surface area contributed by atoms with Crippen LogP contribution in [0.2, 0.25) is 0 Å². The zero-order valence-corrected chi connectivity index (χ0v) is 15.1. The van der Waals surface area contributed by atoms with Crippen LogP contribution in [0.4, 0.5) is 0 Å². The zero-order chi connectivity index (χ0) is 18.4. The molecule has 2 rings (SSSR count). The van der Waals surface area contributed by atoms with Crippen LogP contribution in [0.5, 0.6) is 5.75 Å². The number of nitrogens with one attached hydrogen (secondary N) is 2. The second-order valence-electron chi connectivity index (χ2n) is 6.10. The van der Waals surface area contributed by atoms with Gasteiger partial charge in [-0.25, -0.2) is 0 Å². The van der Waals surface area contributed by atoms with Gasteiger partial charge in [0.25, 0.3) is 5.91 Å². The van der Waals surface area contributed by atoms with Gasteiger partial charge in [0.05, 0.1) is 6.42 Å². The molecule has 0 aliphatic heterocycles. The molecule has 0 fully saturated rings. The summed E-state index contributed by atoms with van der Waals surface area (Å²) in [6.45, 7) is 7.52. The summed E-state index contributed by atoms with van der Waals surface area (Å²) in [5.41, 5.74) is 8.89. The normalized spacial score (nSPS) is 11.5. The van der Waals surface area contributed by atoms with E-state index in [9.17, 15) is 9.59 Å². The number of hydrogen-bond donors (Lipinski definition) is 2. The minimum atomic E-state index is -0.723. The highest BCUT2D eigenvalue weighted by Crippen LogP contribution is 2.21. The van der Waals surface area contributed by atoms with Crippen molar-refractivity contribution in [1.82, 2.24) is 10.9 Å². The van der Waals surface area contributed by atoms with Crippen molar-refractivity contribution in [3.63, 3.8) is 0 Å². The predicted octanol–water partition coefficient (Wildman–Crippen LogP) is 2.77. The molecule has 5 heteroatoms. The van der Waals surface area contributed by atoms with Gasteiger partial charge in [0.1, 0.15) is 5.75 Å². The maximum absolute atomic E-state index is 12.1. The third-order valence-electron chi connectivity index (χ3n) is 4.17. The van der Waals surface area contributed by atoms with Crippen molar-refractivity contribution in [3.8, 4) is 5.75 Å². The zero-order valence-electron chi connectivity index (χ0n) is 15.1. The first-order chi connectivity index (χ1) is 11.9. The van der Waals surface area contributed by atoms with Crippen LogP contribution >= 0.6 is 0 Å². The van der Waals surface area contributed by atoms with Crippen LogP contribution < -0.4 is 15.6 Å². The van der Waals surface area contributed by atoms with Gasteiger partial charge in [-0.3, -0.25) is 20.4 Å². The SMILES string of the molecule is Cc1ccccc1CC(=O)NNC(=O)C(C)Oc1cccc(C)c1C. The number of ether oxygens (including phenoxy) is 1. The molecule has 1 atom stereocenters. The fourth-order valence-electron chi connectivity index (χ4n) is 2.35. The van der Waals surface area contributed by atoms with Gasteiger partial charge in [-0.1, -0.05) is 36.4 Å². The maximum atomic E-state index is 12.1. The fraction of sp³-hybridized carbons (Fsp3) is 0.300. The third kappa shape index (κ3) is 5.08. The number of carbonyl (C=O) groups excluding carboxylic acids is 2. The number of hydrogen-bond acceptors (Lipinski definition) is 3. The molecule has 0 spiro atoms. The summed E-state index contributed by atoms with van der Waals surface area (Å²) in [5.74, 6) is -0.0190. The largest absolute Gasteiger partial charge is 0.481 e. The van der Waals surface area contributed by atoms with E-state index in [1.165, 1.54) is 0 Å². The Labute approximate surface area is 148 Å². The summed E-state index contributed by atoms with van der Waals surface area (Å²) in [5, 5.41) is 0. The molecule has 0 saturated heterocycles. The molecule has 2 N–H and O–H groups in total. The topological polar surface area (TPSA) is 67.4 Å². The lowest BCUT2D eigenvalue weighted by atomic mass is 10.1. The second kappa shape index (κ2) is 8.33. The average Bonchev–Trinajstić information content (AvgIpc) is 2.58. The van der Waals surface area contributed by atoms with E-state index in [-0.39, 0.29) is 12.3 Å². The Hall–Kier alpha value is -2.82. The molecule has 2 aromatic rings. The molecule has 0 radical (unpaired) electrons. The average molecular weight is 340 g/mol. The van der Waals surface area contributed by atoms with E-state index < -0.39 is 12.0 Å². The van der Waals surface area contributed by atoms with Gasteiger partial charge in [-0.05, 0) is 56.0 Å². The summed E-state index contributed by atoms with van der Waals surface area (Å²) in [7, 11) is 0. The first-order valence-corrected chi connectivity index (χ1v) is 8.24. The fourth-order valence-corrected chi connectivity index (χ4v) is 2.35.